The van der Waals surface area contributed by atoms with Gasteiger partial charge in [0.15, 0.2) is 0 Å². The lowest BCUT2D eigenvalue weighted by molar-refractivity contribution is 0.615. The highest BCUT2D eigenvalue weighted by atomic mass is 16.5. The third-order valence-electron chi connectivity index (χ3n) is 2.46. The summed E-state index contributed by atoms with van der Waals surface area (Å²) in [6, 6.07) is 7.98. The fraction of sp³-hybridized carbons (Fsp3) is 0.400. The Labute approximate surface area is 72.4 Å². The van der Waals surface area contributed by atoms with Gasteiger partial charge >= 0.3 is 0 Å². The minimum Gasteiger partial charge on any atom is -0.758 e. The number of benzene rings is 1. The average Bonchev–Trinajstić information content (AvgIpc) is 2.12. The normalized spacial score (nSPS) is 22.2. The van der Waals surface area contributed by atoms with E-state index in [1.807, 2.05) is 31.2 Å². The quantitative estimate of drug-likeness (QED) is 0.585. The van der Waals surface area contributed by atoms with Crippen LogP contribution in [0.3, 0.4) is 0 Å². The molecule has 0 spiro atoms. The zero-order valence-electron chi connectivity index (χ0n) is 7.16. The summed E-state index contributed by atoms with van der Waals surface area (Å²) in [5, 5.41) is 12.7. The van der Waals surface area contributed by atoms with E-state index in [1.165, 1.54) is 5.56 Å². The Morgan fingerprint density at radius 2 is 2.17 bits per heavy atom. The van der Waals surface area contributed by atoms with Crippen LogP contribution in [-0.2, 0) is 6.42 Å². The maximum Gasteiger partial charge on any atom is 0.0293 e. The maximum absolute atomic E-state index is 11.5. The van der Waals surface area contributed by atoms with Crippen LogP contribution in [0.2, 0.25) is 0 Å². The molecule has 0 saturated carbocycles. The van der Waals surface area contributed by atoms with Crippen molar-refractivity contribution in [1.82, 2.24) is 0 Å². The van der Waals surface area contributed by atoms with Crippen molar-refractivity contribution in [3.8, 4) is 0 Å². The second kappa shape index (κ2) is 2.79. The lowest BCUT2D eigenvalue weighted by Crippen LogP contribution is -2.31. The molecule has 0 saturated heterocycles. The van der Waals surface area contributed by atoms with Gasteiger partial charge in [-0.3, -0.25) is 0 Å². The Morgan fingerprint density at radius 3 is 3.00 bits per heavy atom. The molecule has 0 fully saturated rings. The Balaban J connectivity index is 2.42. The number of hydroxylamine groups is 1. The van der Waals surface area contributed by atoms with E-state index in [2.05, 4.69) is 0 Å². The van der Waals surface area contributed by atoms with E-state index in [9.17, 15) is 5.21 Å². The number of hydrogen-bond acceptors (Lipinski definition) is 2. The zero-order valence-corrected chi connectivity index (χ0v) is 7.16. The summed E-state index contributed by atoms with van der Waals surface area (Å²) in [5.41, 5.74) is 2.04. The topological polar surface area (TPSA) is 26.3 Å². The lowest BCUT2D eigenvalue weighted by atomic mass is 9.99. The van der Waals surface area contributed by atoms with Crippen LogP contribution >= 0.6 is 0 Å². The Kier molecular flexibility index (Phi) is 1.77. The molecule has 1 aromatic carbocycles. The van der Waals surface area contributed by atoms with Gasteiger partial charge in [0, 0.05) is 11.7 Å². The molecule has 1 aliphatic rings. The predicted octanol–water partition coefficient (Wildman–Crippen LogP) is 2.33. The van der Waals surface area contributed by atoms with Crippen LogP contribution < -0.4 is 5.06 Å². The predicted molar refractivity (Wildman–Crippen MR) is 50.1 cm³/mol. The van der Waals surface area contributed by atoms with Crippen LogP contribution in [0.25, 0.3) is 0 Å². The van der Waals surface area contributed by atoms with Crippen LogP contribution in [0, 0.1) is 5.21 Å². The fourth-order valence-corrected chi connectivity index (χ4v) is 1.66. The Bertz CT molecular complexity index is 285. The number of para-hydroxylation sites is 1. The summed E-state index contributed by atoms with van der Waals surface area (Å²) in [5.74, 6) is 0. The summed E-state index contributed by atoms with van der Waals surface area (Å²) in [6.07, 6.45) is 2.01. The molecule has 1 aromatic rings. The second-order valence-corrected chi connectivity index (χ2v) is 3.34. The van der Waals surface area contributed by atoms with Crippen molar-refractivity contribution >= 4 is 5.69 Å². The van der Waals surface area contributed by atoms with Gasteiger partial charge in [-0.2, -0.15) is 0 Å². The molecule has 1 atom stereocenters. The van der Waals surface area contributed by atoms with Gasteiger partial charge in [0.25, 0.3) is 0 Å². The Hall–Kier alpha value is -1.02. The maximum atomic E-state index is 11.5. The van der Waals surface area contributed by atoms with Gasteiger partial charge in [-0.05, 0) is 31.4 Å². The van der Waals surface area contributed by atoms with Crippen molar-refractivity contribution in [3.63, 3.8) is 0 Å². The van der Waals surface area contributed by atoms with E-state index in [-0.39, 0.29) is 6.04 Å². The molecule has 0 aromatic heterocycles. The first-order valence-electron chi connectivity index (χ1n) is 4.33. The molecule has 12 heavy (non-hydrogen) atoms. The van der Waals surface area contributed by atoms with E-state index in [0.29, 0.717) is 0 Å². The number of nitrogens with zero attached hydrogens (tertiary/aromatic N) is 1. The van der Waals surface area contributed by atoms with Gasteiger partial charge in [-0.25, -0.2) is 0 Å². The van der Waals surface area contributed by atoms with Gasteiger partial charge in [0.1, 0.15) is 0 Å². The van der Waals surface area contributed by atoms with Crippen LogP contribution in [0.5, 0.6) is 0 Å². The molecule has 1 aliphatic heterocycles. The minimum atomic E-state index is 0.139. The molecule has 0 amide bonds. The molecule has 0 bridgehead atoms. The molecule has 64 valence electrons. The van der Waals surface area contributed by atoms with Gasteiger partial charge in [-0.15, -0.1) is 0 Å². The SMILES string of the molecule is CC1CCc2ccccc2N1[O-]. The monoisotopic (exact) mass is 162 g/mol. The fourth-order valence-electron chi connectivity index (χ4n) is 1.66. The molecule has 0 radical (unpaired) electrons. The molecule has 0 N–H and O–H groups in total. The van der Waals surface area contributed by atoms with Crippen molar-refractivity contribution < 1.29 is 0 Å². The molecule has 2 nitrogen and oxygen atoms in total. The van der Waals surface area contributed by atoms with Gasteiger partial charge in [0.2, 0.25) is 0 Å². The third kappa shape index (κ3) is 1.08. The van der Waals surface area contributed by atoms with Crippen molar-refractivity contribution in [3.05, 3.63) is 35.0 Å². The zero-order chi connectivity index (χ0) is 8.55. The highest BCUT2D eigenvalue weighted by Crippen LogP contribution is 2.28. The van der Waals surface area contributed by atoms with Crippen molar-refractivity contribution in [2.75, 3.05) is 5.06 Å². The van der Waals surface area contributed by atoms with E-state index < -0.39 is 0 Å². The highest BCUT2D eigenvalue weighted by Gasteiger charge is 2.14. The smallest absolute Gasteiger partial charge is 0.0293 e. The van der Waals surface area contributed by atoms with Crippen LogP contribution in [0.15, 0.2) is 24.3 Å². The number of hydrogen-bond donors (Lipinski definition) is 0. The van der Waals surface area contributed by atoms with Crippen LogP contribution in [-0.4, -0.2) is 6.04 Å². The molecule has 2 heteroatoms. The first kappa shape index (κ1) is 7.62. The number of aryl methyl sites for hydroxylation is 1. The summed E-state index contributed by atoms with van der Waals surface area (Å²) in [6.45, 7) is 1.98. The van der Waals surface area contributed by atoms with Crippen molar-refractivity contribution in [1.29, 1.82) is 0 Å². The van der Waals surface area contributed by atoms with E-state index in [1.54, 1.807) is 0 Å². The Morgan fingerprint density at radius 1 is 1.42 bits per heavy atom. The number of rotatable bonds is 0. The van der Waals surface area contributed by atoms with E-state index >= 15 is 0 Å². The lowest BCUT2D eigenvalue weighted by Gasteiger charge is -2.42. The summed E-state index contributed by atoms with van der Waals surface area (Å²) in [4.78, 5) is 0. The van der Waals surface area contributed by atoms with Crippen molar-refractivity contribution in [2.45, 2.75) is 25.8 Å². The van der Waals surface area contributed by atoms with Crippen LogP contribution in [0.4, 0.5) is 5.69 Å². The van der Waals surface area contributed by atoms with E-state index in [4.69, 9.17) is 0 Å². The second-order valence-electron chi connectivity index (χ2n) is 3.34. The van der Waals surface area contributed by atoms with Gasteiger partial charge in [-0.1, -0.05) is 18.2 Å². The number of anilines is 1. The molecule has 2 rings (SSSR count). The molecule has 1 heterocycles. The summed E-state index contributed by atoms with van der Waals surface area (Å²) in [7, 11) is 0. The van der Waals surface area contributed by atoms with E-state index in [0.717, 1.165) is 23.6 Å². The minimum absolute atomic E-state index is 0.139. The summed E-state index contributed by atoms with van der Waals surface area (Å²) >= 11 is 0. The summed E-state index contributed by atoms with van der Waals surface area (Å²) < 4.78 is 0. The first-order chi connectivity index (χ1) is 5.79. The molecule has 0 aliphatic carbocycles. The third-order valence-corrected chi connectivity index (χ3v) is 2.46. The number of fused-ring (bicyclic) bond motifs is 1. The standard InChI is InChI=1S/C10H12NO/c1-8-6-7-9-4-2-3-5-10(9)11(8)12/h2-5,8H,6-7H2,1H3/q-1. The highest BCUT2D eigenvalue weighted by molar-refractivity contribution is 5.56. The first-order valence-corrected chi connectivity index (χ1v) is 4.33. The van der Waals surface area contributed by atoms with Crippen molar-refractivity contribution in [2.24, 2.45) is 0 Å². The largest absolute Gasteiger partial charge is 0.758 e. The average molecular weight is 162 g/mol. The molecule has 1 unspecified atom stereocenters. The molecular weight excluding hydrogens is 150 g/mol. The molecular formula is C10H12NO-. The van der Waals surface area contributed by atoms with Gasteiger partial charge < -0.3 is 10.3 Å². The van der Waals surface area contributed by atoms with Crippen LogP contribution in [0.1, 0.15) is 18.9 Å². The van der Waals surface area contributed by atoms with Gasteiger partial charge in [0.05, 0.1) is 0 Å².